The number of carbonyl (C=O) groups excluding carboxylic acids is 1. The fourth-order valence-corrected chi connectivity index (χ4v) is 5.09. The molecule has 0 atom stereocenters. The maximum atomic E-state index is 13.0. The number of amides is 1. The zero-order valence-corrected chi connectivity index (χ0v) is 20.6. The van der Waals surface area contributed by atoms with Gasteiger partial charge < -0.3 is 4.90 Å². The Bertz CT molecular complexity index is 1050. The maximum absolute atomic E-state index is 13.0. The molecular weight excluding hydrogens is 432 g/mol. The molecule has 5 heteroatoms. The zero-order valence-electron chi connectivity index (χ0n) is 20.6. The third-order valence-electron chi connectivity index (χ3n) is 7.23. The highest BCUT2D eigenvalue weighted by atomic mass is 16.2. The highest BCUT2D eigenvalue weighted by Gasteiger charge is 2.22. The van der Waals surface area contributed by atoms with Crippen LogP contribution in [0.3, 0.4) is 0 Å². The molecule has 2 fully saturated rings. The molecule has 2 heterocycles. The van der Waals surface area contributed by atoms with Crippen molar-refractivity contribution in [2.75, 3.05) is 52.4 Å². The van der Waals surface area contributed by atoms with Gasteiger partial charge in [-0.2, -0.15) is 0 Å². The molecule has 3 aromatic rings. The van der Waals surface area contributed by atoms with E-state index in [0.29, 0.717) is 0 Å². The molecule has 0 bridgehead atoms. The van der Waals surface area contributed by atoms with Crippen LogP contribution in [0.5, 0.6) is 0 Å². The summed E-state index contributed by atoms with van der Waals surface area (Å²) in [6, 6.07) is 29.6. The van der Waals surface area contributed by atoms with E-state index in [2.05, 4.69) is 87.5 Å². The second-order valence-corrected chi connectivity index (χ2v) is 9.79. The molecule has 5 nitrogen and oxygen atoms in total. The average molecular weight is 469 g/mol. The molecular formula is C30H36N4O. The van der Waals surface area contributed by atoms with Crippen LogP contribution in [-0.4, -0.2) is 77.9 Å². The minimum Gasteiger partial charge on any atom is -0.336 e. The molecule has 35 heavy (non-hydrogen) atoms. The van der Waals surface area contributed by atoms with Gasteiger partial charge in [0.2, 0.25) is 0 Å². The Morgan fingerprint density at radius 2 is 0.857 bits per heavy atom. The van der Waals surface area contributed by atoms with E-state index in [-0.39, 0.29) is 5.91 Å². The third kappa shape index (κ3) is 6.57. The molecule has 0 unspecified atom stereocenters. The van der Waals surface area contributed by atoms with Gasteiger partial charge in [0.15, 0.2) is 0 Å². The van der Waals surface area contributed by atoms with E-state index in [1.54, 1.807) is 0 Å². The lowest BCUT2D eigenvalue weighted by molar-refractivity contribution is 0.0628. The average Bonchev–Trinajstić information content (AvgIpc) is 2.91. The molecule has 0 N–H and O–H groups in total. The first-order valence-electron chi connectivity index (χ1n) is 12.9. The summed E-state index contributed by atoms with van der Waals surface area (Å²) in [4.78, 5) is 22.5. The Balaban J connectivity index is 1.06. The highest BCUT2D eigenvalue weighted by molar-refractivity contribution is 5.94. The van der Waals surface area contributed by atoms with E-state index in [9.17, 15) is 4.79 Å². The molecule has 0 aromatic heterocycles. The van der Waals surface area contributed by atoms with Crippen LogP contribution in [-0.2, 0) is 19.6 Å². The summed E-state index contributed by atoms with van der Waals surface area (Å²) < 4.78 is 0. The fraction of sp³-hybridized carbons (Fsp3) is 0.367. The van der Waals surface area contributed by atoms with Gasteiger partial charge in [0.05, 0.1) is 0 Å². The molecule has 3 aromatic carbocycles. The summed E-state index contributed by atoms with van der Waals surface area (Å²) in [6.45, 7) is 10.7. The van der Waals surface area contributed by atoms with Crippen molar-refractivity contribution in [1.29, 1.82) is 0 Å². The van der Waals surface area contributed by atoms with Crippen LogP contribution in [0.2, 0.25) is 0 Å². The maximum Gasteiger partial charge on any atom is 0.253 e. The second-order valence-electron chi connectivity index (χ2n) is 9.79. The molecule has 0 saturated carbocycles. The minimum atomic E-state index is 0.158. The topological polar surface area (TPSA) is 30.0 Å². The first-order valence-corrected chi connectivity index (χ1v) is 12.9. The normalized spacial score (nSPS) is 18.0. The predicted octanol–water partition coefficient (Wildman–Crippen LogP) is 3.96. The second kappa shape index (κ2) is 11.6. The number of benzene rings is 3. The first kappa shape index (κ1) is 23.7. The Labute approximate surface area is 209 Å². The van der Waals surface area contributed by atoms with Crippen LogP contribution in [0.25, 0.3) is 0 Å². The Morgan fingerprint density at radius 1 is 0.486 bits per heavy atom. The molecule has 2 saturated heterocycles. The summed E-state index contributed by atoms with van der Waals surface area (Å²) in [6.07, 6.45) is 0. The number of carbonyl (C=O) groups is 1. The molecule has 0 spiro atoms. The largest absolute Gasteiger partial charge is 0.336 e. The monoisotopic (exact) mass is 468 g/mol. The van der Waals surface area contributed by atoms with Crippen molar-refractivity contribution in [3.8, 4) is 0 Å². The van der Waals surface area contributed by atoms with Crippen LogP contribution in [0.15, 0.2) is 84.9 Å². The predicted molar refractivity (Wildman–Crippen MR) is 141 cm³/mol. The summed E-state index contributed by atoms with van der Waals surface area (Å²) >= 11 is 0. The lowest BCUT2D eigenvalue weighted by Crippen LogP contribution is -2.48. The van der Waals surface area contributed by atoms with Gasteiger partial charge in [0.25, 0.3) is 5.91 Å². The molecule has 5 rings (SSSR count). The van der Waals surface area contributed by atoms with E-state index in [4.69, 9.17) is 0 Å². The standard InChI is InChI=1S/C30H36N4O/c35-30(34-21-19-33(20-22-34)24-27-9-5-2-6-10-27)29-13-11-28(12-14-29)25-32-17-15-31(16-18-32)23-26-7-3-1-4-8-26/h1-14H,15-25H2. The Morgan fingerprint density at radius 3 is 1.29 bits per heavy atom. The number of hydrogen-bond acceptors (Lipinski definition) is 4. The summed E-state index contributed by atoms with van der Waals surface area (Å²) in [5, 5.41) is 0. The number of rotatable bonds is 7. The van der Waals surface area contributed by atoms with Crippen molar-refractivity contribution >= 4 is 5.91 Å². The molecule has 182 valence electrons. The summed E-state index contributed by atoms with van der Waals surface area (Å²) in [5.74, 6) is 0.158. The van der Waals surface area contributed by atoms with E-state index < -0.39 is 0 Å². The van der Waals surface area contributed by atoms with Crippen molar-refractivity contribution in [1.82, 2.24) is 19.6 Å². The van der Waals surface area contributed by atoms with Crippen molar-refractivity contribution < 1.29 is 4.79 Å². The van der Waals surface area contributed by atoms with Crippen LogP contribution >= 0.6 is 0 Å². The SMILES string of the molecule is O=C(c1ccc(CN2CCN(Cc3ccccc3)CC2)cc1)N1CCN(Cc2ccccc2)CC1. The molecule has 0 radical (unpaired) electrons. The Kier molecular flexibility index (Phi) is 7.89. The molecule has 2 aliphatic rings. The number of piperazine rings is 2. The van der Waals surface area contributed by atoms with E-state index in [0.717, 1.165) is 77.6 Å². The van der Waals surface area contributed by atoms with Crippen LogP contribution < -0.4 is 0 Å². The van der Waals surface area contributed by atoms with Crippen LogP contribution in [0.4, 0.5) is 0 Å². The van der Waals surface area contributed by atoms with Gasteiger partial charge in [-0.25, -0.2) is 0 Å². The van der Waals surface area contributed by atoms with Gasteiger partial charge in [-0.3, -0.25) is 19.5 Å². The van der Waals surface area contributed by atoms with E-state index in [1.165, 1.54) is 16.7 Å². The van der Waals surface area contributed by atoms with Gasteiger partial charge in [-0.1, -0.05) is 72.8 Å². The lowest BCUT2D eigenvalue weighted by atomic mass is 10.1. The third-order valence-corrected chi connectivity index (χ3v) is 7.23. The summed E-state index contributed by atoms with van der Waals surface area (Å²) in [7, 11) is 0. The van der Waals surface area contributed by atoms with Gasteiger partial charge in [0.1, 0.15) is 0 Å². The van der Waals surface area contributed by atoms with E-state index in [1.807, 2.05) is 17.0 Å². The molecule has 2 aliphatic heterocycles. The van der Waals surface area contributed by atoms with Gasteiger partial charge >= 0.3 is 0 Å². The minimum absolute atomic E-state index is 0.158. The fourth-order valence-electron chi connectivity index (χ4n) is 5.09. The van der Waals surface area contributed by atoms with Gasteiger partial charge in [-0.05, 0) is 28.8 Å². The zero-order chi connectivity index (χ0) is 23.9. The first-order chi connectivity index (χ1) is 17.2. The number of hydrogen-bond donors (Lipinski definition) is 0. The van der Waals surface area contributed by atoms with Crippen molar-refractivity contribution in [2.24, 2.45) is 0 Å². The quantitative estimate of drug-likeness (QED) is 0.525. The molecule has 1 amide bonds. The van der Waals surface area contributed by atoms with Crippen LogP contribution in [0.1, 0.15) is 27.0 Å². The molecule has 0 aliphatic carbocycles. The lowest BCUT2D eigenvalue weighted by Gasteiger charge is -2.35. The smallest absolute Gasteiger partial charge is 0.253 e. The van der Waals surface area contributed by atoms with E-state index >= 15 is 0 Å². The highest BCUT2D eigenvalue weighted by Crippen LogP contribution is 2.15. The van der Waals surface area contributed by atoms with Gasteiger partial charge in [-0.15, -0.1) is 0 Å². The van der Waals surface area contributed by atoms with Crippen LogP contribution in [0, 0.1) is 0 Å². The van der Waals surface area contributed by atoms with Crippen molar-refractivity contribution in [2.45, 2.75) is 19.6 Å². The van der Waals surface area contributed by atoms with Crippen molar-refractivity contribution in [3.05, 3.63) is 107 Å². The van der Waals surface area contributed by atoms with Gasteiger partial charge in [0, 0.05) is 77.6 Å². The number of nitrogens with zero attached hydrogens (tertiary/aromatic N) is 4. The van der Waals surface area contributed by atoms with Crippen molar-refractivity contribution in [3.63, 3.8) is 0 Å². The summed E-state index contributed by atoms with van der Waals surface area (Å²) in [5.41, 5.74) is 4.81. The Hall–Kier alpha value is -2.99.